The van der Waals surface area contributed by atoms with E-state index in [2.05, 4.69) is 10.3 Å². The van der Waals surface area contributed by atoms with E-state index < -0.39 is 5.25 Å². The second-order valence-corrected chi connectivity index (χ2v) is 9.50. The molecular weight excluding hydrogens is 434 g/mol. The molecule has 0 bridgehead atoms. The number of aromatic nitrogens is 2. The van der Waals surface area contributed by atoms with Crippen LogP contribution in [0.25, 0.3) is 10.9 Å². The van der Waals surface area contributed by atoms with Gasteiger partial charge in [0.15, 0.2) is 10.9 Å². The predicted molar refractivity (Wildman–Crippen MR) is 126 cm³/mol. The number of ketones is 1. The Morgan fingerprint density at radius 3 is 2.58 bits per heavy atom. The zero-order chi connectivity index (χ0) is 22.7. The summed E-state index contributed by atoms with van der Waals surface area (Å²) in [4.78, 5) is 42.1. The van der Waals surface area contributed by atoms with Gasteiger partial charge in [-0.15, -0.1) is 0 Å². The van der Waals surface area contributed by atoms with Gasteiger partial charge in [0, 0.05) is 22.8 Å². The number of nitrogens with one attached hydrogen (secondary N) is 1. The normalized spacial score (nSPS) is 12.2. The van der Waals surface area contributed by atoms with Crippen LogP contribution in [0.3, 0.4) is 0 Å². The first kappa shape index (κ1) is 23.0. The summed E-state index contributed by atoms with van der Waals surface area (Å²) in [6, 6.07) is 11.8. The van der Waals surface area contributed by atoms with Crippen LogP contribution in [0.2, 0.25) is 5.02 Å². The fourth-order valence-electron chi connectivity index (χ4n) is 3.06. The molecule has 31 heavy (non-hydrogen) atoms. The standard InChI is InChI=1S/C23H24ClN3O3S/c1-13(2)12-27-22(30)19-11-17(24)8-9-20(19)26-23(27)31-15(4)21(29)25-18-7-5-6-16(10-18)14(3)28/h5-11,13,15H,12H2,1-4H3,(H,25,29)/t15-/m1/s1. The smallest absolute Gasteiger partial charge is 0.262 e. The number of nitrogens with zero attached hydrogens (tertiary/aromatic N) is 2. The molecule has 1 N–H and O–H groups in total. The summed E-state index contributed by atoms with van der Waals surface area (Å²) in [5.74, 6) is -0.0992. The molecule has 6 nitrogen and oxygen atoms in total. The van der Waals surface area contributed by atoms with Crippen molar-refractivity contribution in [3.8, 4) is 0 Å². The van der Waals surface area contributed by atoms with E-state index in [0.29, 0.717) is 38.9 Å². The van der Waals surface area contributed by atoms with Gasteiger partial charge in [0.25, 0.3) is 5.56 Å². The highest BCUT2D eigenvalue weighted by Gasteiger charge is 2.20. The van der Waals surface area contributed by atoms with Crippen molar-refractivity contribution in [2.24, 2.45) is 5.92 Å². The lowest BCUT2D eigenvalue weighted by molar-refractivity contribution is -0.115. The molecule has 0 spiro atoms. The molecule has 1 atom stereocenters. The van der Waals surface area contributed by atoms with Gasteiger partial charge in [0.1, 0.15) is 0 Å². The van der Waals surface area contributed by atoms with Gasteiger partial charge in [0.05, 0.1) is 16.2 Å². The Balaban J connectivity index is 1.89. The third-order valence-corrected chi connectivity index (χ3v) is 5.94. The van der Waals surface area contributed by atoms with Gasteiger partial charge in [-0.3, -0.25) is 19.0 Å². The first-order valence-electron chi connectivity index (χ1n) is 9.94. The molecule has 8 heteroatoms. The van der Waals surface area contributed by atoms with Crippen LogP contribution in [0.5, 0.6) is 0 Å². The molecule has 0 aliphatic rings. The monoisotopic (exact) mass is 457 g/mol. The van der Waals surface area contributed by atoms with Crippen LogP contribution >= 0.6 is 23.4 Å². The van der Waals surface area contributed by atoms with Gasteiger partial charge >= 0.3 is 0 Å². The van der Waals surface area contributed by atoms with Crippen molar-refractivity contribution in [2.75, 3.05) is 5.32 Å². The molecule has 1 amide bonds. The molecule has 1 aromatic heterocycles. The zero-order valence-corrected chi connectivity index (χ0v) is 19.4. The lowest BCUT2D eigenvalue weighted by atomic mass is 10.1. The molecule has 2 aromatic carbocycles. The zero-order valence-electron chi connectivity index (χ0n) is 17.8. The molecule has 1 heterocycles. The third-order valence-electron chi connectivity index (χ3n) is 4.62. The molecule has 0 saturated heterocycles. The number of Topliss-reactive ketones (excluding diaryl/α,β-unsaturated/α-hetero) is 1. The van der Waals surface area contributed by atoms with Crippen molar-refractivity contribution in [1.82, 2.24) is 9.55 Å². The van der Waals surface area contributed by atoms with Crippen molar-refractivity contribution in [3.63, 3.8) is 0 Å². The molecular formula is C23H24ClN3O3S. The van der Waals surface area contributed by atoms with Gasteiger partial charge in [-0.1, -0.05) is 49.3 Å². The molecule has 0 aliphatic carbocycles. The fraction of sp³-hybridized carbons (Fsp3) is 0.304. The van der Waals surface area contributed by atoms with Gasteiger partial charge < -0.3 is 5.32 Å². The third kappa shape index (κ3) is 5.54. The summed E-state index contributed by atoms with van der Waals surface area (Å²) >= 11 is 7.29. The average Bonchev–Trinajstić information content (AvgIpc) is 2.71. The summed E-state index contributed by atoms with van der Waals surface area (Å²) in [5, 5.41) is 3.72. The van der Waals surface area contributed by atoms with Crippen LogP contribution in [0.4, 0.5) is 5.69 Å². The van der Waals surface area contributed by atoms with Gasteiger partial charge in [-0.25, -0.2) is 4.98 Å². The van der Waals surface area contributed by atoms with E-state index in [1.807, 2.05) is 13.8 Å². The van der Waals surface area contributed by atoms with Crippen LogP contribution < -0.4 is 10.9 Å². The van der Waals surface area contributed by atoms with E-state index in [-0.39, 0.29) is 23.2 Å². The summed E-state index contributed by atoms with van der Waals surface area (Å²) in [6.45, 7) is 7.74. The number of amides is 1. The molecule has 0 saturated carbocycles. The number of halogens is 1. The highest BCUT2D eigenvalue weighted by Crippen LogP contribution is 2.25. The number of anilines is 1. The van der Waals surface area contributed by atoms with E-state index >= 15 is 0 Å². The Kier molecular flexibility index (Phi) is 7.18. The van der Waals surface area contributed by atoms with Crippen LogP contribution in [0.15, 0.2) is 52.4 Å². The SMILES string of the molecule is CC(=O)c1cccc(NC(=O)[C@@H](C)Sc2nc3ccc(Cl)cc3c(=O)n2CC(C)C)c1. The van der Waals surface area contributed by atoms with Crippen LogP contribution in [-0.4, -0.2) is 26.5 Å². The van der Waals surface area contributed by atoms with E-state index in [1.54, 1.807) is 54.0 Å². The average molecular weight is 458 g/mol. The quantitative estimate of drug-likeness (QED) is 0.306. The highest BCUT2D eigenvalue weighted by atomic mass is 35.5. The number of carbonyl (C=O) groups is 2. The molecule has 162 valence electrons. The van der Waals surface area contributed by atoms with Crippen molar-refractivity contribution in [3.05, 3.63) is 63.4 Å². The van der Waals surface area contributed by atoms with E-state index in [9.17, 15) is 14.4 Å². The number of thioether (sulfide) groups is 1. The predicted octanol–water partition coefficient (Wildman–Crippen LogP) is 5.03. The minimum atomic E-state index is -0.518. The summed E-state index contributed by atoms with van der Waals surface area (Å²) in [7, 11) is 0. The number of benzene rings is 2. The summed E-state index contributed by atoms with van der Waals surface area (Å²) in [6.07, 6.45) is 0. The van der Waals surface area contributed by atoms with E-state index in [4.69, 9.17) is 11.6 Å². The Morgan fingerprint density at radius 1 is 1.16 bits per heavy atom. The first-order chi connectivity index (χ1) is 14.7. The van der Waals surface area contributed by atoms with Gasteiger partial charge in [-0.2, -0.15) is 0 Å². The van der Waals surface area contributed by atoms with Crippen molar-refractivity contribution < 1.29 is 9.59 Å². The maximum absolute atomic E-state index is 13.1. The topological polar surface area (TPSA) is 81.1 Å². The van der Waals surface area contributed by atoms with Crippen molar-refractivity contribution in [2.45, 2.75) is 44.6 Å². The first-order valence-corrected chi connectivity index (χ1v) is 11.2. The van der Waals surface area contributed by atoms with Gasteiger partial charge in [0.2, 0.25) is 5.91 Å². The second kappa shape index (κ2) is 9.66. The molecule has 0 aliphatic heterocycles. The Morgan fingerprint density at radius 2 is 1.90 bits per heavy atom. The van der Waals surface area contributed by atoms with E-state index in [1.165, 1.54) is 18.7 Å². The summed E-state index contributed by atoms with van der Waals surface area (Å²) in [5.41, 5.74) is 1.44. The van der Waals surface area contributed by atoms with Crippen molar-refractivity contribution >= 4 is 51.6 Å². The number of fused-ring (bicyclic) bond motifs is 1. The lowest BCUT2D eigenvalue weighted by Crippen LogP contribution is -2.28. The fourth-order valence-corrected chi connectivity index (χ4v) is 4.15. The molecule has 3 aromatic rings. The van der Waals surface area contributed by atoms with Crippen LogP contribution in [0.1, 0.15) is 38.1 Å². The number of hydrogen-bond donors (Lipinski definition) is 1. The van der Waals surface area contributed by atoms with Crippen molar-refractivity contribution in [1.29, 1.82) is 0 Å². The lowest BCUT2D eigenvalue weighted by Gasteiger charge is -2.18. The Bertz CT molecular complexity index is 1210. The number of carbonyl (C=O) groups excluding carboxylic acids is 2. The molecule has 3 rings (SSSR count). The largest absolute Gasteiger partial charge is 0.325 e. The Hall–Kier alpha value is -2.64. The maximum Gasteiger partial charge on any atom is 0.262 e. The maximum atomic E-state index is 13.1. The number of rotatable bonds is 7. The highest BCUT2D eigenvalue weighted by molar-refractivity contribution is 8.00. The van der Waals surface area contributed by atoms with E-state index in [0.717, 1.165) is 0 Å². The van der Waals surface area contributed by atoms with Gasteiger partial charge in [-0.05, 0) is 50.1 Å². The minimum Gasteiger partial charge on any atom is -0.325 e. The number of hydrogen-bond acceptors (Lipinski definition) is 5. The molecule has 0 fully saturated rings. The summed E-state index contributed by atoms with van der Waals surface area (Å²) < 4.78 is 1.61. The van der Waals surface area contributed by atoms with Crippen LogP contribution in [0, 0.1) is 5.92 Å². The molecule has 0 unspecified atom stereocenters. The second-order valence-electron chi connectivity index (χ2n) is 7.75. The van der Waals surface area contributed by atoms with Crippen LogP contribution in [-0.2, 0) is 11.3 Å². The minimum absolute atomic E-state index is 0.0725. The molecule has 0 radical (unpaired) electrons. The Labute approximate surface area is 190 Å².